The van der Waals surface area contributed by atoms with Crippen LogP contribution < -0.4 is 5.56 Å². The van der Waals surface area contributed by atoms with Crippen LogP contribution in [0.25, 0.3) is 22.6 Å². The Morgan fingerprint density at radius 2 is 2.10 bits per heavy atom. The summed E-state index contributed by atoms with van der Waals surface area (Å²) in [6.45, 7) is 2.08. The topological polar surface area (TPSA) is 81.4 Å². The van der Waals surface area contributed by atoms with Crippen LogP contribution in [-0.2, 0) is 20.5 Å². The lowest BCUT2D eigenvalue weighted by molar-refractivity contribution is 0.750. The molecular formula is C13H16N6O. The van der Waals surface area contributed by atoms with Gasteiger partial charge in [0.25, 0.3) is 5.56 Å². The van der Waals surface area contributed by atoms with Crippen LogP contribution in [0, 0.1) is 0 Å². The van der Waals surface area contributed by atoms with E-state index in [2.05, 4.69) is 27.1 Å². The Bertz CT molecular complexity index is 825. The second kappa shape index (κ2) is 4.59. The summed E-state index contributed by atoms with van der Waals surface area (Å²) in [5.41, 5.74) is 2.65. The quantitative estimate of drug-likeness (QED) is 0.771. The van der Waals surface area contributed by atoms with E-state index < -0.39 is 0 Å². The molecule has 0 aliphatic carbocycles. The highest BCUT2D eigenvalue weighted by atomic mass is 16.1. The zero-order chi connectivity index (χ0) is 14.3. The molecule has 0 unspecified atom stereocenters. The highest BCUT2D eigenvalue weighted by Crippen LogP contribution is 2.18. The molecule has 0 spiro atoms. The van der Waals surface area contributed by atoms with E-state index in [1.807, 2.05) is 13.1 Å². The van der Waals surface area contributed by atoms with E-state index in [0.717, 1.165) is 24.2 Å². The predicted octanol–water partition coefficient (Wildman–Crippen LogP) is 1.01. The maximum absolute atomic E-state index is 12.3. The number of aromatic amines is 1. The van der Waals surface area contributed by atoms with Crippen LogP contribution in [0.3, 0.4) is 0 Å². The Hall–Kier alpha value is -2.44. The van der Waals surface area contributed by atoms with Gasteiger partial charge in [-0.15, -0.1) is 0 Å². The maximum atomic E-state index is 12.3. The first-order valence-corrected chi connectivity index (χ1v) is 6.56. The number of H-pyrrole nitrogens is 1. The molecule has 7 nitrogen and oxygen atoms in total. The number of fused-ring (bicyclic) bond motifs is 1. The third-order valence-corrected chi connectivity index (χ3v) is 3.31. The molecule has 20 heavy (non-hydrogen) atoms. The number of aromatic nitrogens is 6. The van der Waals surface area contributed by atoms with E-state index in [4.69, 9.17) is 0 Å². The summed E-state index contributed by atoms with van der Waals surface area (Å²) in [6, 6.07) is 1.82. The summed E-state index contributed by atoms with van der Waals surface area (Å²) in [5, 5.41) is 8.50. The summed E-state index contributed by atoms with van der Waals surface area (Å²) in [4.78, 5) is 19.6. The van der Waals surface area contributed by atoms with E-state index in [0.29, 0.717) is 16.9 Å². The lowest BCUT2D eigenvalue weighted by atomic mass is 10.2. The lowest BCUT2D eigenvalue weighted by Gasteiger charge is -2.02. The van der Waals surface area contributed by atoms with Crippen LogP contribution in [0.5, 0.6) is 0 Å². The van der Waals surface area contributed by atoms with Gasteiger partial charge in [-0.3, -0.25) is 14.2 Å². The monoisotopic (exact) mass is 272 g/mol. The Kier molecular flexibility index (Phi) is 2.89. The minimum Gasteiger partial charge on any atom is -0.303 e. The molecule has 0 aliphatic rings. The first-order valence-electron chi connectivity index (χ1n) is 6.56. The van der Waals surface area contributed by atoms with E-state index in [1.165, 1.54) is 0 Å². The average molecular weight is 272 g/mol. The third-order valence-electron chi connectivity index (χ3n) is 3.31. The maximum Gasteiger partial charge on any atom is 0.277 e. The Balaban J connectivity index is 2.30. The first-order chi connectivity index (χ1) is 9.61. The SMILES string of the molecule is CCCc1nn(C)c2c(=O)[nH]c(-c3ccnn3C)nc12. The second-order valence-electron chi connectivity index (χ2n) is 4.77. The van der Waals surface area contributed by atoms with Crippen LogP contribution in [0.2, 0.25) is 0 Å². The Morgan fingerprint density at radius 1 is 1.30 bits per heavy atom. The summed E-state index contributed by atoms with van der Waals surface area (Å²) < 4.78 is 3.28. The van der Waals surface area contributed by atoms with Gasteiger partial charge in [0.15, 0.2) is 11.3 Å². The fourth-order valence-corrected chi connectivity index (χ4v) is 2.38. The van der Waals surface area contributed by atoms with Crippen LogP contribution in [0.4, 0.5) is 0 Å². The van der Waals surface area contributed by atoms with Gasteiger partial charge in [0, 0.05) is 20.3 Å². The van der Waals surface area contributed by atoms with Crippen molar-refractivity contribution in [2.75, 3.05) is 0 Å². The molecule has 3 heterocycles. The van der Waals surface area contributed by atoms with Crippen LogP contribution in [0.15, 0.2) is 17.1 Å². The normalized spacial score (nSPS) is 11.3. The van der Waals surface area contributed by atoms with Gasteiger partial charge in [-0.1, -0.05) is 13.3 Å². The molecular weight excluding hydrogens is 256 g/mol. The molecule has 3 aromatic rings. The minimum atomic E-state index is -0.177. The molecule has 3 rings (SSSR count). The largest absolute Gasteiger partial charge is 0.303 e. The van der Waals surface area contributed by atoms with Crippen molar-refractivity contribution in [3.63, 3.8) is 0 Å². The van der Waals surface area contributed by atoms with Gasteiger partial charge < -0.3 is 4.98 Å². The van der Waals surface area contributed by atoms with Gasteiger partial charge in [-0.2, -0.15) is 10.2 Å². The Labute approximate surface area is 115 Å². The molecule has 3 aromatic heterocycles. The summed E-state index contributed by atoms with van der Waals surface area (Å²) >= 11 is 0. The molecule has 0 bridgehead atoms. The highest BCUT2D eigenvalue weighted by molar-refractivity contribution is 5.78. The molecule has 0 radical (unpaired) electrons. The van der Waals surface area contributed by atoms with Gasteiger partial charge in [0.05, 0.1) is 5.69 Å². The number of nitrogens with zero attached hydrogens (tertiary/aromatic N) is 5. The van der Waals surface area contributed by atoms with Crippen molar-refractivity contribution in [3.05, 3.63) is 28.3 Å². The van der Waals surface area contributed by atoms with E-state index in [9.17, 15) is 4.79 Å². The van der Waals surface area contributed by atoms with Gasteiger partial charge in [0.1, 0.15) is 11.2 Å². The standard InChI is InChI=1S/C13H16N6O/c1-4-5-8-10-11(19(3)17-8)13(20)16-12(15-10)9-6-7-14-18(9)2/h6-7H,4-5H2,1-3H3,(H,15,16,20). The summed E-state index contributed by atoms with van der Waals surface area (Å²) in [5.74, 6) is 0.521. The van der Waals surface area contributed by atoms with Gasteiger partial charge in [0.2, 0.25) is 0 Å². The first kappa shape index (κ1) is 12.6. The van der Waals surface area contributed by atoms with Crippen molar-refractivity contribution in [3.8, 4) is 11.5 Å². The summed E-state index contributed by atoms with van der Waals surface area (Å²) in [6.07, 6.45) is 3.44. The molecule has 1 N–H and O–H groups in total. The van der Waals surface area contributed by atoms with Gasteiger partial charge >= 0.3 is 0 Å². The van der Waals surface area contributed by atoms with E-state index in [1.54, 1.807) is 22.6 Å². The van der Waals surface area contributed by atoms with Crippen molar-refractivity contribution in [1.29, 1.82) is 0 Å². The predicted molar refractivity (Wildman–Crippen MR) is 75.3 cm³/mol. The minimum absolute atomic E-state index is 0.177. The molecule has 0 saturated heterocycles. The zero-order valence-electron chi connectivity index (χ0n) is 11.7. The van der Waals surface area contributed by atoms with Crippen molar-refractivity contribution in [1.82, 2.24) is 29.5 Å². The smallest absolute Gasteiger partial charge is 0.277 e. The molecule has 104 valence electrons. The molecule has 0 aromatic carbocycles. The molecule has 0 saturated carbocycles. The Morgan fingerprint density at radius 3 is 2.75 bits per heavy atom. The van der Waals surface area contributed by atoms with Gasteiger partial charge in [-0.25, -0.2) is 4.98 Å². The number of rotatable bonds is 3. The number of hydrogen-bond donors (Lipinski definition) is 1. The molecule has 7 heteroatoms. The van der Waals surface area contributed by atoms with E-state index in [-0.39, 0.29) is 5.56 Å². The van der Waals surface area contributed by atoms with Crippen molar-refractivity contribution in [2.24, 2.45) is 14.1 Å². The third kappa shape index (κ3) is 1.82. The molecule has 0 amide bonds. The fourth-order valence-electron chi connectivity index (χ4n) is 2.38. The van der Waals surface area contributed by atoms with Crippen LogP contribution in [-0.4, -0.2) is 29.5 Å². The summed E-state index contributed by atoms with van der Waals surface area (Å²) in [7, 11) is 3.58. The molecule has 0 fully saturated rings. The van der Waals surface area contributed by atoms with Crippen molar-refractivity contribution in [2.45, 2.75) is 19.8 Å². The van der Waals surface area contributed by atoms with E-state index >= 15 is 0 Å². The van der Waals surface area contributed by atoms with Gasteiger partial charge in [-0.05, 0) is 12.5 Å². The fraction of sp³-hybridized carbons (Fsp3) is 0.385. The number of hydrogen-bond acceptors (Lipinski definition) is 4. The highest BCUT2D eigenvalue weighted by Gasteiger charge is 2.16. The zero-order valence-corrected chi connectivity index (χ0v) is 11.7. The van der Waals surface area contributed by atoms with Crippen LogP contribution in [0.1, 0.15) is 19.0 Å². The average Bonchev–Trinajstić information content (AvgIpc) is 2.95. The number of aryl methyl sites for hydroxylation is 3. The number of nitrogens with one attached hydrogen (secondary N) is 1. The second-order valence-corrected chi connectivity index (χ2v) is 4.77. The molecule has 0 aliphatic heterocycles. The van der Waals surface area contributed by atoms with Crippen molar-refractivity contribution >= 4 is 11.0 Å². The van der Waals surface area contributed by atoms with Crippen LogP contribution >= 0.6 is 0 Å². The lowest BCUT2D eigenvalue weighted by Crippen LogP contribution is -2.13. The molecule has 0 atom stereocenters. The van der Waals surface area contributed by atoms with Crippen molar-refractivity contribution < 1.29 is 0 Å².